The Labute approximate surface area is 97.3 Å². The summed E-state index contributed by atoms with van der Waals surface area (Å²) in [5.74, 6) is 0. The Morgan fingerprint density at radius 1 is 1.50 bits per heavy atom. The van der Waals surface area contributed by atoms with Crippen molar-refractivity contribution < 1.29 is 9.53 Å². The second-order valence-corrected chi connectivity index (χ2v) is 5.10. The summed E-state index contributed by atoms with van der Waals surface area (Å²) in [6.45, 7) is 8.17. The van der Waals surface area contributed by atoms with Gasteiger partial charge in [-0.1, -0.05) is 0 Å². The Kier molecular flexibility index (Phi) is 5.02. The average molecular weight is 229 g/mol. The van der Waals surface area contributed by atoms with E-state index in [-0.39, 0.29) is 6.09 Å². The molecule has 1 aliphatic heterocycles. The molecule has 1 amide bonds. The molecule has 1 fully saturated rings. The van der Waals surface area contributed by atoms with Gasteiger partial charge in [0.25, 0.3) is 0 Å². The summed E-state index contributed by atoms with van der Waals surface area (Å²) in [6.07, 6.45) is 1.71. The molecule has 0 aliphatic carbocycles. The van der Waals surface area contributed by atoms with Crippen LogP contribution in [0, 0.1) is 0 Å². The van der Waals surface area contributed by atoms with Crippen molar-refractivity contribution in [2.24, 2.45) is 0 Å². The number of hydrogen-bond acceptors (Lipinski definition) is 4. The Hall–Kier alpha value is -0.810. The lowest BCUT2D eigenvalue weighted by Gasteiger charge is -2.19. The van der Waals surface area contributed by atoms with Crippen molar-refractivity contribution in [2.45, 2.75) is 45.3 Å². The predicted molar refractivity (Wildman–Crippen MR) is 63.3 cm³/mol. The largest absolute Gasteiger partial charge is 0.444 e. The first-order valence-corrected chi connectivity index (χ1v) is 5.88. The van der Waals surface area contributed by atoms with Crippen molar-refractivity contribution in [1.82, 2.24) is 16.0 Å². The lowest BCUT2D eigenvalue weighted by molar-refractivity contribution is 0.0526. The number of alkyl carbamates (subject to hydrolysis) is 1. The van der Waals surface area contributed by atoms with E-state index in [1.165, 1.54) is 0 Å². The topological polar surface area (TPSA) is 62.4 Å². The molecule has 1 rings (SSSR count). The van der Waals surface area contributed by atoms with Crippen molar-refractivity contribution in [3.8, 4) is 0 Å². The third kappa shape index (κ3) is 5.92. The average Bonchev–Trinajstić information content (AvgIpc) is 2.62. The molecule has 0 spiro atoms. The van der Waals surface area contributed by atoms with Crippen LogP contribution in [0.25, 0.3) is 0 Å². The van der Waals surface area contributed by atoms with Crippen LogP contribution < -0.4 is 16.0 Å². The maximum absolute atomic E-state index is 11.3. The van der Waals surface area contributed by atoms with E-state index in [9.17, 15) is 4.79 Å². The van der Waals surface area contributed by atoms with E-state index in [1.54, 1.807) is 0 Å². The zero-order valence-electron chi connectivity index (χ0n) is 10.4. The number of nitrogens with one attached hydrogen (secondary N) is 3. The van der Waals surface area contributed by atoms with Gasteiger partial charge in [0, 0.05) is 25.8 Å². The fraction of sp³-hybridized carbons (Fsp3) is 0.909. The molecule has 0 bridgehead atoms. The van der Waals surface area contributed by atoms with Crippen LogP contribution in [0.5, 0.6) is 0 Å². The molecule has 1 heterocycles. The monoisotopic (exact) mass is 229 g/mol. The van der Waals surface area contributed by atoms with Gasteiger partial charge in [0.15, 0.2) is 0 Å². The van der Waals surface area contributed by atoms with Crippen LogP contribution >= 0.6 is 0 Å². The first-order valence-electron chi connectivity index (χ1n) is 5.88. The zero-order chi connectivity index (χ0) is 12.0. The molecule has 1 unspecified atom stereocenters. The van der Waals surface area contributed by atoms with Crippen LogP contribution in [0.2, 0.25) is 0 Å². The van der Waals surface area contributed by atoms with Crippen molar-refractivity contribution in [3.63, 3.8) is 0 Å². The van der Waals surface area contributed by atoms with Crippen LogP contribution in [0.1, 0.15) is 33.6 Å². The highest BCUT2D eigenvalue weighted by Gasteiger charge is 2.16. The van der Waals surface area contributed by atoms with Gasteiger partial charge in [-0.15, -0.1) is 0 Å². The van der Waals surface area contributed by atoms with E-state index in [0.29, 0.717) is 12.6 Å². The normalized spacial score (nSPS) is 20.8. The molecule has 3 N–H and O–H groups in total. The van der Waals surface area contributed by atoms with Crippen molar-refractivity contribution in [2.75, 3.05) is 19.8 Å². The summed E-state index contributed by atoms with van der Waals surface area (Å²) in [5, 5.41) is 9.31. The number of hydrogen-bond donors (Lipinski definition) is 3. The summed E-state index contributed by atoms with van der Waals surface area (Å²) < 4.78 is 5.13. The number of amides is 1. The SMILES string of the molecule is CC(C)(C)OC(=O)NCCCC1CNCN1. The van der Waals surface area contributed by atoms with Crippen LogP contribution in [0.4, 0.5) is 4.79 Å². The number of ether oxygens (including phenoxy) is 1. The molecule has 0 saturated carbocycles. The number of carbonyl (C=O) groups is 1. The van der Waals surface area contributed by atoms with E-state index in [4.69, 9.17) is 4.74 Å². The van der Waals surface area contributed by atoms with E-state index < -0.39 is 5.60 Å². The summed E-state index contributed by atoms with van der Waals surface area (Å²) >= 11 is 0. The number of carbonyl (C=O) groups excluding carboxylic acids is 1. The van der Waals surface area contributed by atoms with E-state index in [0.717, 1.165) is 26.1 Å². The smallest absolute Gasteiger partial charge is 0.407 e. The second kappa shape index (κ2) is 6.06. The highest BCUT2D eigenvalue weighted by molar-refractivity contribution is 5.67. The molecular weight excluding hydrogens is 206 g/mol. The van der Waals surface area contributed by atoms with Crippen molar-refractivity contribution in [3.05, 3.63) is 0 Å². The molecule has 1 aliphatic rings. The highest BCUT2D eigenvalue weighted by Crippen LogP contribution is 2.06. The Balaban J connectivity index is 2.00. The highest BCUT2D eigenvalue weighted by atomic mass is 16.6. The summed E-state index contributed by atoms with van der Waals surface area (Å²) in [7, 11) is 0. The lowest BCUT2D eigenvalue weighted by atomic mass is 10.2. The molecule has 0 aromatic rings. The molecule has 0 aromatic heterocycles. The van der Waals surface area contributed by atoms with Gasteiger partial charge in [0.1, 0.15) is 5.60 Å². The molecule has 1 saturated heterocycles. The van der Waals surface area contributed by atoms with Gasteiger partial charge < -0.3 is 20.7 Å². The standard InChI is InChI=1S/C11H23N3O2/c1-11(2,3)16-10(15)13-6-4-5-9-7-12-8-14-9/h9,12,14H,4-8H2,1-3H3,(H,13,15). The fourth-order valence-electron chi connectivity index (χ4n) is 1.59. The first-order chi connectivity index (χ1) is 7.47. The molecule has 5 nitrogen and oxygen atoms in total. The van der Waals surface area contributed by atoms with E-state index in [1.807, 2.05) is 20.8 Å². The second-order valence-electron chi connectivity index (χ2n) is 5.10. The molecule has 94 valence electrons. The Morgan fingerprint density at radius 3 is 2.81 bits per heavy atom. The van der Waals surface area contributed by atoms with E-state index >= 15 is 0 Å². The molecule has 16 heavy (non-hydrogen) atoms. The summed E-state index contributed by atoms with van der Waals surface area (Å²) in [5.41, 5.74) is -0.416. The van der Waals surface area contributed by atoms with Gasteiger partial charge in [-0.3, -0.25) is 0 Å². The van der Waals surface area contributed by atoms with Gasteiger partial charge in [-0.2, -0.15) is 0 Å². The Morgan fingerprint density at radius 2 is 2.25 bits per heavy atom. The van der Waals surface area contributed by atoms with Gasteiger partial charge in [0.2, 0.25) is 0 Å². The summed E-state index contributed by atoms with van der Waals surface area (Å²) in [4.78, 5) is 11.3. The maximum Gasteiger partial charge on any atom is 0.407 e. The van der Waals surface area contributed by atoms with Crippen LogP contribution in [0.15, 0.2) is 0 Å². The minimum Gasteiger partial charge on any atom is -0.444 e. The zero-order valence-corrected chi connectivity index (χ0v) is 10.4. The third-order valence-electron chi connectivity index (χ3n) is 2.30. The predicted octanol–water partition coefficient (Wildman–Crippen LogP) is 0.810. The molecule has 0 aromatic carbocycles. The van der Waals surface area contributed by atoms with Crippen LogP contribution in [-0.4, -0.2) is 37.5 Å². The minimum atomic E-state index is -0.416. The van der Waals surface area contributed by atoms with Crippen LogP contribution in [-0.2, 0) is 4.74 Å². The van der Waals surface area contributed by atoms with Gasteiger partial charge in [-0.05, 0) is 33.6 Å². The van der Waals surface area contributed by atoms with Crippen molar-refractivity contribution in [1.29, 1.82) is 0 Å². The quantitative estimate of drug-likeness (QED) is 0.624. The van der Waals surface area contributed by atoms with Crippen LogP contribution in [0.3, 0.4) is 0 Å². The Bertz CT molecular complexity index is 220. The summed E-state index contributed by atoms with van der Waals surface area (Å²) in [6, 6.07) is 0.542. The lowest BCUT2D eigenvalue weighted by Crippen LogP contribution is -2.33. The maximum atomic E-state index is 11.3. The minimum absolute atomic E-state index is 0.329. The molecule has 0 radical (unpaired) electrons. The van der Waals surface area contributed by atoms with Crippen molar-refractivity contribution >= 4 is 6.09 Å². The molecule has 5 heteroatoms. The van der Waals surface area contributed by atoms with Gasteiger partial charge >= 0.3 is 6.09 Å². The third-order valence-corrected chi connectivity index (χ3v) is 2.30. The molecular formula is C11H23N3O2. The fourth-order valence-corrected chi connectivity index (χ4v) is 1.59. The van der Waals surface area contributed by atoms with Gasteiger partial charge in [0.05, 0.1) is 0 Å². The first kappa shape index (κ1) is 13.3. The van der Waals surface area contributed by atoms with Gasteiger partial charge in [-0.25, -0.2) is 4.79 Å². The number of rotatable bonds is 4. The van der Waals surface area contributed by atoms with E-state index in [2.05, 4.69) is 16.0 Å². The molecule has 1 atom stereocenters.